The summed E-state index contributed by atoms with van der Waals surface area (Å²) in [7, 11) is 0. The van der Waals surface area contributed by atoms with Crippen LogP contribution in [0.25, 0.3) is 0 Å². The lowest BCUT2D eigenvalue weighted by atomic mass is 10.00. The summed E-state index contributed by atoms with van der Waals surface area (Å²) in [6, 6.07) is 12.4. The Kier molecular flexibility index (Phi) is 3.06. The number of alkyl halides is 1. The van der Waals surface area contributed by atoms with E-state index >= 15 is 0 Å². The van der Waals surface area contributed by atoms with Crippen LogP contribution >= 0.6 is 11.6 Å². The van der Waals surface area contributed by atoms with Crippen LogP contribution in [-0.4, -0.2) is 0 Å². The van der Waals surface area contributed by atoms with Gasteiger partial charge in [-0.3, -0.25) is 0 Å². The van der Waals surface area contributed by atoms with Gasteiger partial charge in [0.2, 0.25) is 0 Å². The monoisotopic (exact) mass is 262 g/mol. The Labute approximate surface area is 110 Å². The molecule has 0 saturated heterocycles. The van der Waals surface area contributed by atoms with E-state index in [1.54, 1.807) is 12.1 Å². The summed E-state index contributed by atoms with van der Waals surface area (Å²) < 4.78 is 18.3. The lowest BCUT2D eigenvalue weighted by Gasteiger charge is -2.11. The zero-order valence-electron chi connectivity index (χ0n) is 9.70. The van der Waals surface area contributed by atoms with Crippen LogP contribution in [-0.2, 0) is 18.0 Å². The average molecular weight is 263 g/mol. The second-order valence-electron chi connectivity index (χ2n) is 4.44. The minimum Gasteiger partial charge on any atom is -0.372 e. The Morgan fingerprint density at radius 1 is 0.944 bits per heavy atom. The van der Waals surface area contributed by atoms with E-state index < -0.39 is 0 Å². The van der Waals surface area contributed by atoms with Crippen LogP contribution in [0.1, 0.15) is 27.6 Å². The summed E-state index contributed by atoms with van der Waals surface area (Å²) >= 11 is 6.42. The molecule has 2 aromatic rings. The zero-order valence-corrected chi connectivity index (χ0v) is 10.5. The SMILES string of the molecule is Fc1ccc(C(Cl)c2ccc3c(c2)COC3)cc1. The van der Waals surface area contributed by atoms with Crippen LogP contribution in [0.15, 0.2) is 42.5 Å². The molecule has 0 fully saturated rings. The molecule has 0 radical (unpaired) electrons. The highest BCUT2D eigenvalue weighted by Gasteiger charge is 2.16. The van der Waals surface area contributed by atoms with Gasteiger partial charge in [0.25, 0.3) is 0 Å². The zero-order chi connectivity index (χ0) is 12.5. The fraction of sp³-hybridized carbons (Fsp3) is 0.200. The van der Waals surface area contributed by atoms with Crippen LogP contribution < -0.4 is 0 Å². The van der Waals surface area contributed by atoms with Crippen molar-refractivity contribution in [3.05, 3.63) is 70.5 Å². The minimum atomic E-state index is -0.253. The predicted molar refractivity (Wildman–Crippen MR) is 69.0 cm³/mol. The smallest absolute Gasteiger partial charge is 0.123 e. The van der Waals surface area contributed by atoms with Gasteiger partial charge in [-0.25, -0.2) is 4.39 Å². The molecule has 1 aliphatic rings. The molecule has 0 aromatic heterocycles. The van der Waals surface area contributed by atoms with Gasteiger partial charge in [0.05, 0.1) is 18.6 Å². The molecule has 1 heterocycles. The fourth-order valence-electron chi connectivity index (χ4n) is 2.17. The molecule has 0 amide bonds. The number of halogens is 2. The van der Waals surface area contributed by atoms with Crippen molar-refractivity contribution in [1.29, 1.82) is 0 Å². The third kappa shape index (κ3) is 2.14. The van der Waals surface area contributed by atoms with Gasteiger partial charge in [-0.15, -0.1) is 11.6 Å². The number of ether oxygens (including phenoxy) is 1. The molecule has 1 atom stereocenters. The molecule has 1 aliphatic heterocycles. The topological polar surface area (TPSA) is 9.23 Å². The van der Waals surface area contributed by atoms with Crippen molar-refractivity contribution in [1.82, 2.24) is 0 Å². The Morgan fingerprint density at radius 3 is 2.39 bits per heavy atom. The van der Waals surface area contributed by atoms with Crippen LogP contribution in [0.4, 0.5) is 4.39 Å². The van der Waals surface area contributed by atoms with Gasteiger partial charge in [-0.2, -0.15) is 0 Å². The first-order chi connectivity index (χ1) is 8.74. The largest absolute Gasteiger partial charge is 0.372 e. The lowest BCUT2D eigenvalue weighted by Crippen LogP contribution is -1.95. The van der Waals surface area contributed by atoms with Gasteiger partial charge in [0, 0.05) is 0 Å². The summed E-state index contributed by atoms with van der Waals surface area (Å²) in [4.78, 5) is 0. The Morgan fingerprint density at radius 2 is 1.61 bits per heavy atom. The van der Waals surface area contributed by atoms with Gasteiger partial charge in [0.15, 0.2) is 0 Å². The third-order valence-corrected chi connectivity index (χ3v) is 3.70. The van der Waals surface area contributed by atoms with Crippen LogP contribution in [0.5, 0.6) is 0 Å². The van der Waals surface area contributed by atoms with Gasteiger partial charge in [0.1, 0.15) is 5.82 Å². The molecule has 0 N–H and O–H groups in total. The van der Waals surface area contributed by atoms with Crippen molar-refractivity contribution >= 4 is 11.6 Å². The molecule has 92 valence electrons. The lowest BCUT2D eigenvalue weighted by molar-refractivity contribution is 0.134. The van der Waals surface area contributed by atoms with Gasteiger partial charge < -0.3 is 4.74 Å². The summed E-state index contributed by atoms with van der Waals surface area (Å²) in [6.07, 6.45) is 0. The highest BCUT2D eigenvalue weighted by Crippen LogP contribution is 2.31. The molecule has 1 unspecified atom stereocenters. The van der Waals surface area contributed by atoms with E-state index in [0.717, 1.165) is 11.1 Å². The van der Waals surface area contributed by atoms with Crippen molar-refractivity contribution in [3.63, 3.8) is 0 Å². The normalized spacial score (nSPS) is 15.4. The number of rotatable bonds is 2. The van der Waals surface area contributed by atoms with E-state index in [1.807, 2.05) is 6.07 Å². The molecule has 18 heavy (non-hydrogen) atoms. The molecule has 3 rings (SSSR count). The van der Waals surface area contributed by atoms with Crippen LogP contribution in [0.3, 0.4) is 0 Å². The first-order valence-corrected chi connectivity index (χ1v) is 6.26. The molecule has 3 heteroatoms. The highest BCUT2D eigenvalue weighted by molar-refractivity contribution is 6.22. The summed E-state index contributed by atoms with van der Waals surface area (Å²) in [5.74, 6) is -0.245. The number of fused-ring (bicyclic) bond motifs is 1. The van der Waals surface area contributed by atoms with Crippen molar-refractivity contribution in [2.45, 2.75) is 18.6 Å². The molecule has 1 nitrogen and oxygen atoms in total. The molecule has 0 spiro atoms. The maximum atomic E-state index is 12.9. The molecular formula is C15H12ClFO. The number of hydrogen-bond donors (Lipinski definition) is 0. The quantitative estimate of drug-likeness (QED) is 0.738. The van der Waals surface area contributed by atoms with E-state index in [4.69, 9.17) is 16.3 Å². The number of benzene rings is 2. The van der Waals surface area contributed by atoms with Gasteiger partial charge in [-0.05, 0) is 34.4 Å². The summed E-state index contributed by atoms with van der Waals surface area (Å²) in [5.41, 5.74) is 4.34. The van der Waals surface area contributed by atoms with Crippen molar-refractivity contribution in [3.8, 4) is 0 Å². The molecule has 0 aliphatic carbocycles. The van der Waals surface area contributed by atoms with Crippen molar-refractivity contribution in [2.24, 2.45) is 0 Å². The minimum absolute atomic E-state index is 0.245. The Hall–Kier alpha value is -1.38. The molecular weight excluding hydrogens is 251 g/mol. The van der Waals surface area contributed by atoms with Crippen molar-refractivity contribution in [2.75, 3.05) is 0 Å². The molecule has 0 saturated carbocycles. The van der Waals surface area contributed by atoms with E-state index in [2.05, 4.69) is 12.1 Å². The predicted octanol–water partition coefficient (Wildman–Crippen LogP) is 4.18. The summed E-state index contributed by atoms with van der Waals surface area (Å²) in [6.45, 7) is 1.33. The van der Waals surface area contributed by atoms with E-state index in [1.165, 1.54) is 23.3 Å². The van der Waals surface area contributed by atoms with Crippen LogP contribution in [0, 0.1) is 5.82 Å². The molecule has 2 aromatic carbocycles. The first-order valence-electron chi connectivity index (χ1n) is 5.83. The Balaban J connectivity index is 1.92. The first kappa shape index (κ1) is 11.7. The van der Waals surface area contributed by atoms with Crippen LogP contribution in [0.2, 0.25) is 0 Å². The highest BCUT2D eigenvalue weighted by atomic mass is 35.5. The number of hydrogen-bond acceptors (Lipinski definition) is 1. The molecule has 0 bridgehead atoms. The van der Waals surface area contributed by atoms with Gasteiger partial charge in [-0.1, -0.05) is 30.3 Å². The second kappa shape index (κ2) is 4.71. The standard InChI is InChI=1S/C15H12ClFO/c16-15(10-3-5-14(17)6-4-10)11-1-2-12-8-18-9-13(12)7-11/h1-7,15H,8-9H2. The van der Waals surface area contributed by atoms with Gasteiger partial charge >= 0.3 is 0 Å². The Bertz CT molecular complexity index is 565. The average Bonchev–Trinajstić information content (AvgIpc) is 2.86. The maximum Gasteiger partial charge on any atom is 0.123 e. The summed E-state index contributed by atoms with van der Waals surface area (Å²) in [5, 5.41) is -0.253. The van der Waals surface area contributed by atoms with E-state index in [-0.39, 0.29) is 11.2 Å². The van der Waals surface area contributed by atoms with E-state index in [9.17, 15) is 4.39 Å². The maximum absolute atomic E-state index is 12.9. The fourth-order valence-corrected chi connectivity index (χ4v) is 2.46. The van der Waals surface area contributed by atoms with Crippen molar-refractivity contribution < 1.29 is 9.13 Å². The second-order valence-corrected chi connectivity index (χ2v) is 4.87. The van der Waals surface area contributed by atoms with E-state index in [0.29, 0.717) is 13.2 Å². The third-order valence-electron chi connectivity index (χ3n) is 3.20.